The van der Waals surface area contributed by atoms with Gasteiger partial charge in [-0.25, -0.2) is 9.78 Å². The van der Waals surface area contributed by atoms with Crippen molar-refractivity contribution in [2.24, 2.45) is 0 Å². The van der Waals surface area contributed by atoms with Crippen LogP contribution in [0.1, 0.15) is 29.4 Å². The van der Waals surface area contributed by atoms with E-state index in [2.05, 4.69) is 20.2 Å². The Hall–Kier alpha value is -4.21. The van der Waals surface area contributed by atoms with Crippen LogP contribution >= 0.6 is 0 Å². The third-order valence-electron chi connectivity index (χ3n) is 6.01. The molecule has 5 rings (SSSR count). The number of hydrogen-bond donors (Lipinski definition) is 2. The van der Waals surface area contributed by atoms with E-state index in [1.807, 2.05) is 24.3 Å². The molecular weight excluding hydrogens is 424 g/mol. The van der Waals surface area contributed by atoms with Gasteiger partial charge in [-0.2, -0.15) is 5.10 Å². The van der Waals surface area contributed by atoms with E-state index in [0.717, 1.165) is 5.56 Å². The smallest absolute Gasteiger partial charge is 0.330 e. The fraction of sp³-hybridized carbons (Fsp3) is 0.261. The summed E-state index contributed by atoms with van der Waals surface area (Å²) in [6.07, 6.45) is 2.52. The Labute approximate surface area is 187 Å². The van der Waals surface area contributed by atoms with Crippen molar-refractivity contribution in [2.45, 2.75) is 18.9 Å². The third kappa shape index (κ3) is 3.69. The molecular formula is C23H22N6O4. The Morgan fingerprint density at radius 2 is 1.91 bits per heavy atom. The number of hydrogen-bond acceptors (Lipinski definition) is 6. The summed E-state index contributed by atoms with van der Waals surface area (Å²) in [5.74, 6) is 0.496. The van der Waals surface area contributed by atoms with E-state index in [0.29, 0.717) is 48.5 Å². The van der Waals surface area contributed by atoms with Crippen LogP contribution in [0.3, 0.4) is 0 Å². The molecule has 0 atom stereocenters. The number of likely N-dealkylation sites (tertiary alicyclic amines) is 1. The second-order valence-electron chi connectivity index (χ2n) is 7.90. The number of aromatic amines is 2. The zero-order valence-electron chi connectivity index (χ0n) is 17.9. The number of fused-ring (bicyclic) bond motifs is 1. The lowest BCUT2D eigenvalue weighted by atomic mass is 10.0. The topological polar surface area (TPSA) is 126 Å². The number of rotatable bonds is 4. The fourth-order valence-electron chi connectivity index (χ4n) is 4.32. The minimum Gasteiger partial charge on any atom is -0.496 e. The van der Waals surface area contributed by atoms with Gasteiger partial charge in [0.1, 0.15) is 17.1 Å². The number of carbonyl (C=O) groups excluding carboxylic acids is 1. The van der Waals surface area contributed by atoms with Crippen molar-refractivity contribution in [3.8, 4) is 17.0 Å². The van der Waals surface area contributed by atoms with Crippen molar-refractivity contribution in [1.29, 1.82) is 0 Å². The van der Waals surface area contributed by atoms with Gasteiger partial charge in [-0.3, -0.25) is 24.2 Å². The number of pyridine rings is 1. The highest BCUT2D eigenvalue weighted by atomic mass is 16.5. The van der Waals surface area contributed by atoms with E-state index < -0.39 is 5.69 Å². The van der Waals surface area contributed by atoms with E-state index in [-0.39, 0.29) is 23.2 Å². The van der Waals surface area contributed by atoms with Crippen LogP contribution in [-0.4, -0.2) is 55.7 Å². The summed E-state index contributed by atoms with van der Waals surface area (Å²) in [6.45, 7) is 0.840. The molecule has 3 aromatic heterocycles. The zero-order chi connectivity index (χ0) is 22.9. The highest BCUT2D eigenvalue weighted by Gasteiger charge is 2.28. The zero-order valence-corrected chi connectivity index (χ0v) is 17.9. The minimum absolute atomic E-state index is 0.175. The summed E-state index contributed by atoms with van der Waals surface area (Å²) >= 11 is 0. The van der Waals surface area contributed by atoms with Crippen LogP contribution in [0.5, 0.6) is 5.75 Å². The minimum atomic E-state index is -0.481. The van der Waals surface area contributed by atoms with Crippen LogP contribution < -0.4 is 16.0 Å². The molecule has 0 unspecified atom stereocenters. The number of methoxy groups -OCH3 is 1. The SMILES string of the molecule is COc1ccccc1-c1cc(C(=O)N2CCC(n3c(=O)[nH]c4ncccc4c3=O)CC2)[nH]n1. The molecule has 4 aromatic rings. The molecule has 0 spiro atoms. The van der Waals surface area contributed by atoms with Crippen LogP contribution in [0, 0.1) is 0 Å². The van der Waals surface area contributed by atoms with E-state index in [1.165, 1.54) is 10.8 Å². The average molecular weight is 446 g/mol. The summed E-state index contributed by atoms with van der Waals surface area (Å²) in [6, 6.07) is 12.2. The number of aromatic nitrogens is 5. The van der Waals surface area contributed by atoms with Crippen LogP contribution in [0.2, 0.25) is 0 Å². The summed E-state index contributed by atoms with van der Waals surface area (Å²) in [5.41, 5.74) is 1.22. The van der Waals surface area contributed by atoms with Gasteiger partial charge >= 0.3 is 5.69 Å². The molecule has 33 heavy (non-hydrogen) atoms. The number of amides is 1. The van der Waals surface area contributed by atoms with Gasteiger partial charge in [0.2, 0.25) is 0 Å². The van der Waals surface area contributed by atoms with E-state index in [1.54, 1.807) is 30.2 Å². The predicted octanol–water partition coefficient (Wildman–Crippen LogP) is 1.96. The molecule has 1 aromatic carbocycles. The van der Waals surface area contributed by atoms with Crippen molar-refractivity contribution >= 4 is 16.9 Å². The average Bonchev–Trinajstić information content (AvgIpc) is 3.34. The molecule has 0 saturated carbocycles. The van der Waals surface area contributed by atoms with Gasteiger partial charge < -0.3 is 9.64 Å². The summed E-state index contributed by atoms with van der Waals surface area (Å²) in [4.78, 5) is 46.9. The Bertz CT molecular complexity index is 1450. The second kappa shape index (κ2) is 8.38. The lowest BCUT2D eigenvalue weighted by Crippen LogP contribution is -2.45. The molecule has 10 heteroatoms. The Kier molecular flexibility index (Phi) is 5.25. The molecule has 1 aliphatic heterocycles. The van der Waals surface area contributed by atoms with Gasteiger partial charge in [0.05, 0.1) is 18.2 Å². The molecule has 1 aliphatic rings. The van der Waals surface area contributed by atoms with Gasteiger partial charge in [0.15, 0.2) is 0 Å². The first kappa shape index (κ1) is 20.7. The van der Waals surface area contributed by atoms with Crippen molar-refractivity contribution in [3.05, 3.63) is 75.2 Å². The number of benzene rings is 1. The third-order valence-corrected chi connectivity index (χ3v) is 6.01. The maximum atomic E-state index is 13.0. The van der Waals surface area contributed by atoms with Gasteiger partial charge in [-0.15, -0.1) is 0 Å². The molecule has 0 bridgehead atoms. The normalized spacial score (nSPS) is 14.5. The molecule has 4 heterocycles. The maximum absolute atomic E-state index is 13.0. The Morgan fingerprint density at radius 1 is 1.12 bits per heavy atom. The monoisotopic (exact) mass is 446 g/mol. The van der Waals surface area contributed by atoms with Gasteiger partial charge in [0.25, 0.3) is 11.5 Å². The first-order chi connectivity index (χ1) is 16.1. The lowest BCUT2D eigenvalue weighted by Gasteiger charge is -2.32. The van der Waals surface area contributed by atoms with Crippen LogP contribution in [0.25, 0.3) is 22.3 Å². The van der Waals surface area contributed by atoms with E-state index in [9.17, 15) is 14.4 Å². The molecule has 0 radical (unpaired) electrons. The van der Waals surface area contributed by atoms with Crippen molar-refractivity contribution < 1.29 is 9.53 Å². The molecule has 0 aliphatic carbocycles. The molecule has 10 nitrogen and oxygen atoms in total. The number of H-pyrrole nitrogens is 2. The van der Waals surface area contributed by atoms with Crippen molar-refractivity contribution in [2.75, 3.05) is 20.2 Å². The van der Waals surface area contributed by atoms with Gasteiger partial charge in [0, 0.05) is 30.9 Å². The molecule has 1 amide bonds. The summed E-state index contributed by atoms with van der Waals surface area (Å²) in [7, 11) is 1.59. The number of piperidine rings is 1. The lowest BCUT2D eigenvalue weighted by molar-refractivity contribution is 0.0686. The molecule has 1 saturated heterocycles. The molecule has 1 fully saturated rings. The molecule has 2 N–H and O–H groups in total. The van der Waals surface area contributed by atoms with E-state index in [4.69, 9.17) is 4.74 Å². The Balaban J connectivity index is 1.33. The summed E-state index contributed by atoms with van der Waals surface area (Å²) < 4.78 is 6.63. The standard InChI is InChI=1S/C23H22N6O4/c1-33-19-7-3-2-5-15(19)17-13-18(27-26-17)22(31)28-11-8-14(9-12-28)29-21(30)16-6-4-10-24-20(16)25-23(29)32/h2-7,10,13-14H,8-9,11-12H2,1H3,(H,26,27)(H,24,25,32). The summed E-state index contributed by atoms with van der Waals surface area (Å²) in [5, 5.41) is 7.47. The van der Waals surface area contributed by atoms with Crippen LogP contribution in [0.4, 0.5) is 0 Å². The van der Waals surface area contributed by atoms with Crippen LogP contribution in [0.15, 0.2) is 58.3 Å². The number of nitrogens with one attached hydrogen (secondary N) is 2. The van der Waals surface area contributed by atoms with Crippen LogP contribution in [-0.2, 0) is 0 Å². The Morgan fingerprint density at radius 3 is 2.70 bits per heavy atom. The van der Waals surface area contributed by atoms with Crippen molar-refractivity contribution in [3.63, 3.8) is 0 Å². The highest BCUT2D eigenvalue weighted by molar-refractivity contribution is 5.93. The highest BCUT2D eigenvalue weighted by Crippen LogP contribution is 2.29. The fourth-order valence-corrected chi connectivity index (χ4v) is 4.32. The first-order valence-electron chi connectivity index (χ1n) is 10.6. The van der Waals surface area contributed by atoms with Gasteiger partial charge in [-0.05, 0) is 43.2 Å². The number of nitrogens with zero attached hydrogens (tertiary/aromatic N) is 4. The maximum Gasteiger partial charge on any atom is 0.330 e. The number of ether oxygens (including phenoxy) is 1. The predicted molar refractivity (Wildman–Crippen MR) is 121 cm³/mol. The quantitative estimate of drug-likeness (QED) is 0.494. The van der Waals surface area contributed by atoms with Gasteiger partial charge in [-0.1, -0.05) is 12.1 Å². The second-order valence-corrected chi connectivity index (χ2v) is 7.90. The molecule has 168 valence electrons. The van der Waals surface area contributed by atoms with E-state index >= 15 is 0 Å². The first-order valence-corrected chi connectivity index (χ1v) is 10.6. The largest absolute Gasteiger partial charge is 0.496 e. The number of carbonyl (C=O) groups is 1. The van der Waals surface area contributed by atoms with Crippen molar-refractivity contribution in [1.82, 2.24) is 29.6 Å². The number of para-hydroxylation sites is 1.